The third-order valence-corrected chi connectivity index (χ3v) is 3.83. The van der Waals surface area contributed by atoms with E-state index in [0.29, 0.717) is 0 Å². The highest BCUT2D eigenvalue weighted by Gasteiger charge is 2.05. The topological polar surface area (TPSA) is 21.3 Å². The number of methoxy groups -OCH3 is 1. The molecule has 1 unspecified atom stereocenters. The largest absolute Gasteiger partial charge is 0.496 e. The lowest BCUT2D eigenvalue weighted by atomic mass is 9.98. The van der Waals surface area contributed by atoms with Crippen LogP contribution in [0.2, 0.25) is 0 Å². The van der Waals surface area contributed by atoms with Crippen LogP contribution in [-0.4, -0.2) is 20.2 Å². The quantitative estimate of drug-likeness (QED) is 0.732. The van der Waals surface area contributed by atoms with Crippen molar-refractivity contribution in [1.82, 2.24) is 5.32 Å². The van der Waals surface area contributed by atoms with Crippen LogP contribution < -0.4 is 10.1 Å². The van der Waals surface area contributed by atoms with Crippen molar-refractivity contribution in [3.63, 3.8) is 0 Å². The number of ether oxygens (including phenoxy) is 1. The van der Waals surface area contributed by atoms with Gasteiger partial charge in [0.1, 0.15) is 5.75 Å². The van der Waals surface area contributed by atoms with Crippen molar-refractivity contribution < 1.29 is 4.74 Å². The van der Waals surface area contributed by atoms with Gasteiger partial charge >= 0.3 is 0 Å². The molecular formula is C15H24BrNO. The van der Waals surface area contributed by atoms with Gasteiger partial charge in [-0.05, 0) is 71.9 Å². The van der Waals surface area contributed by atoms with Gasteiger partial charge in [-0.15, -0.1) is 0 Å². The van der Waals surface area contributed by atoms with Crippen molar-refractivity contribution in [1.29, 1.82) is 0 Å². The standard InChI is InChI=1S/C15H24BrNO/c1-4-17-10-9-12(2)5-6-13-7-8-15(18-3)14(16)11-13/h7-8,11-12,17H,4-6,9-10H2,1-3H3. The lowest BCUT2D eigenvalue weighted by Crippen LogP contribution is -2.16. The third kappa shape index (κ3) is 5.40. The first-order chi connectivity index (χ1) is 8.67. The van der Waals surface area contributed by atoms with Crippen molar-refractivity contribution in [2.45, 2.75) is 33.1 Å². The van der Waals surface area contributed by atoms with Crippen molar-refractivity contribution in [3.05, 3.63) is 28.2 Å². The zero-order chi connectivity index (χ0) is 13.4. The zero-order valence-electron chi connectivity index (χ0n) is 11.6. The summed E-state index contributed by atoms with van der Waals surface area (Å²) in [6.07, 6.45) is 3.63. The normalized spacial score (nSPS) is 12.4. The van der Waals surface area contributed by atoms with E-state index in [1.165, 1.54) is 18.4 Å². The molecule has 1 N–H and O–H groups in total. The molecule has 0 bridgehead atoms. The fraction of sp³-hybridized carbons (Fsp3) is 0.600. The molecule has 0 heterocycles. The second-order valence-electron chi connectivity index (χ2n) is 4.75. The molecule has 3 heteroatoms. The minimum Gasteiger partial charge on any atom is -0.496 e. The monoisotopic (exact) mass is 313 g/mol. The minimum atomic E-state index is 0.768. The summed E-state index contributed by atoms with van der Waals surface area (Å²) in [6, 6.07) is 6.35. The van der Waals surface area contributed by atoms with E-state index >= 15 is 0 Å². The van der Waals surface area contributed by atoms with Crippen LogP contribution in [0.3, 0.4) is 0 Å². The van der Waals surface area contributed by atoms with Gasteiger partial charge in [0.2, 0.25) is 0 Å². The summed E-state index contributed by atoms with van der Waals surface area (Å²) in [5, 5.41) is 3.38. The molecule has 1 atom stereocenters. The summed E-state index contributed by atoms with van der Waals surface area (Å²) in [5.41, 5.74) is 1.37. The smallest absolute Gasteiger partial charge is 0.133 e. The van der Waals surface area contributed by atoms with Crippen molar-refractivity contribution in [2.75, 3.05) is 20.2 Å². The first-order valence-electron chi connectivity index (χ1n) is 6.70. The number of rotatable bonds is 8. The van der Waals surface area contributed by atoms with Gasteiger partial charge < -0.3 is 10.1 Å². The molecule has 0 aliphatic carbocycles. The summed E-state index contributed by atoms with van der Waals surface area (Å²) in [5.74, 6) is 1.67. The van der Waals surface area contributed by atoms with E-state index in [0.717, 1.165) is 35.7 Å². The van der Waals surface area contributed by atoms with E-state index in [2.05, 4.69) is 47.2 Å². The molecule has 2 nitrogen and oxygen atoms in total. The average molecular weight is 314 g/mol. The van der Waals surface area contributed by atoms with Gasteiger partial charge in [-0.3, -0.25) is 0 Å². The molecule has 0 amide bonds. The maximum Gasteiger partial charge on any atom is 0.133 e. The highest BCUT2D eigenvalue weighted by molar-refractivity contribution is 9.10. The first-order valence-corrected chi connectivity index (χ1v) is 7.49. The van der Waals surface area contributed by atoms with Crippen molar-refractivity contribution >= 4 is 15.9 Å². The van der Waals surface area contributed by atoms with Crippen LogP contribution in [0, 0.1) is 5.92 Å². The molecule has 18 heavy (non-hydrogen) atoms. The molecule has 0 aliphatic rings. The second-order valence-corrected chi connectivity index (χ2v) is 5.61. The number of hydrogen-bond donors (Lipinski definition) is 1. The summed E-state index contributed by atoms with van der Waals surface area (Å²) in [6.45, 7) is 6.68. The Kier molecular flexibility index (Phi) is 7.36. The predicted molar refractivity (Wildman–Crippen MR) is 81.3 cm³/mol. The van der Waals surface area contributed by atoms with Crippen LogP contribution in [0.15, 0.2) is 22.7 Å². The third-order valence-electron chi connectivity index (χ3n) is 3.21. The van der Waals surface area contributed by atoms with Crippen molar-refractivity contribution in [2.24, 2.45) is 5.92 Å². The van der Waals surface area contributed by atoms with Gasteiger partial charge in [-0.25, -0.2) is 0 Å². The number of hydrogen-bond acceptors (Lipinski definition) is 2. The summed E-state index contributed by atoms with van der Waals surface area (Å²) in [7, 11) is 1.70. The van der Waals surface area contributed by atoms with Crippen LogP contribution >= 0.6 is 15.9 Å². The molecule has 0 saturated carbocycles. The fourth-order valence-electron chi connectivity index (χ4n) is 1.95. The number of aryl methyl sites for hydroxylation is 1. The SMILES string of the molecule is CCNCCC(C)CCc1ccc(OC)c(Br)c1. The number of halogens is 1. The molecule has 0 saturated heterocycles. The van der Waals surface area contributed by atoms with Crippen LogP contribution in [0.1, 0.15) is 32.3 Å². The molecule has 102 valence electrons. The molecule has 1 aromatic carbocycles. The highest BCUT2D eigenvalue weighted by atomic mass is 79.9. The van der Waals surface area contributed by atoms with Crippen LogP contribution in [0.5, 0.6) is 5.75 Å². The fourth-order valence-corrected chi connectivity index (χ4v) is 2.54. The average Bonchev–Trinajstić information content (AvgIpc) is 2.37. The molecule has 0 aliphatic heterocycles. The van der Waals surface area contributed by atoms with E-state index in [-0.39, 0.29) is 0 Å². The maximum absolute atomic E-state index is 5.24. The predicted octanol–water partition coefficient (Wildman–Crippen LogP) is 4.03. The second kappa shape index (κ2) is 8.54. The molecule has 1 rings (SSSR count). The lowest BCUT2D eigenvalue weighted by Gasteiger charge is -2.12. The molecule has 0 aromatic heterocycles. The van der Waals surface area contributed by atoms with E-state index < -0.39 is 0 Å². The van der Waals surface area contributed by atoms with Crippen molar-refractivity contribution in [3.8, 4) is 5.75 Å². The van der Waals surface area contributed by atoms with Gasteiger partial charge in [0, 0.05) is 0 Å². The molecular weight excluding hydrogens is 290 g/mol. The maximum atomic E-state index is 5.24. The van der Waals surface area contributed by atoms with Gasteiger partial charge in [0.05, 0.1) is 11.6 Å². The van der Waals surface area contributed by atoms with Gasteiger partial charge in [0.15, 0.2) is 0 Å². The van der Waals surface area contributed by atoms with Gasteiger partial charge in [0.25, 0.3) is 0 Å². The Morgan fingerprint density at radius 2 is 2.11 bits per heavy atom. The summed E-state index contributed by atoms with van der Waals surface area (Å²) >= 11 is 3.53. The lowest BCUT2D eigenvalue weighted by molar-refractivity contribution is 0.412. The summed E-state index contributed by atoms with van der Waals surface area (Å²) < 4.78 is 6.28. The Balaban J connectivity index is 2.36. The Morgan fingerprint density at radius 1 is 1.33 bits per heavy atom. The highest BCUT2D eigenvalue weighted by Crippen LogP contribution is 2.26. The van der Waals surface area contributed by atoms with Gasteiger partial charge in [-0.2, -0.15) is 0 Å². The van der Waals surface area contributed by atoms with Crippen LogP contribution in [0.25, 0.3) is 0 Å². The number of benzene rings is 1. The minimum absolute atomic E-state index is 0.768. The van der Waals surface area contributed by atoms with E-state index in [1.807, 2.05) is 6.07 Å². The summed E-state index contributed by atoms with van der Waals surface area (Å²) in [4.78, 5) is 0. The Hall–Kier alpha value is -0.540. The van der Waals surface area contributed by atoms with Crippen LogP contribution in [0.4, 0.5) is 0 Å². The first kappa shape index (κ1) is 15.5. The van der Waals surface area contributed by atoms with E-state index in [4.69, 9.17) is 4.74 Å². The van der Waals surface area contributed by atoms with Gasteiger partial charge in [-0.1, -0.05) is 19.9 Å². The number of nitrogens with one attached hydrogen (secondary N) is 1. The Labute approximate surface area is 119 Å². The molecule has 0 fully saturated rings. The van der Waals surface area contributed by atoms with E-state index in [9.17, 15) is 0 Å². The molecule has 0 spiro atoms. The van der Waals surface area contributed by atoms with Crippen LogP contribution in [-0.2, 0) is 6.42 Å². The molecule has 1 aromatic rings. The van der Waals surface area contributed by atoms with E-state index in [1.54, 1.807) is 7.11 Å². The Morgan fingerprint density at radius 3 is 2.72 bits per heavy atom. The Bertz CT molecular complexity index is 354. The molecule has 0 radical (unpaired) electrons. The zero-order valence-corrected chi connectivity index (χ0v) is 13.2.